The number of hydrogen-bond donors (Lipinski definition) is 0. The first kappa shape index (κ1) is 52.7. The van der Waals surface area contributed by atoms with Crippen LogP contribution in [-0.2, 0) is 0 Å². The average molecular weight is 1220 g/mol. The van der Waals surface area contributed by atoms with Gasteiger partial charge in [0.2, 0.25) is 0 Å². The van der Waals surface area contributed by atoms with Crippen LogP contribution in [0.5, 0.6) is 23.0 Å². The van der Waals surface area contributed by atoms with Crippen molar-refractivity contribution in [1.29, 1.82) is 0 Å². The van der Waals surface area contributed by atoms with E-state index in [-0.39, 0.29) is 51.2 Å². The van der Waals surface area contributed by atoms with Gasteiger partial charge in [-0.25, -0.2) is 0 Å². The van der Waals surface area contributed by atoms with Crippen LogP contribution in [0.4, 0.5) is 107 Å². The van der Waals surface area contributed by atoms with Crippen LogP contribution in [0.3, 0.4) is 0 Å². The normalized spacial score (nSPS) is 16.1. The predicted octanol–water partition coefficient (Wildman–Crippen LogP) is 16.2. The van der Waals surface area contributed by atoms with Crippen LogP contribution in [0, 0.1) is 6.92 Å². The number of nitrogens with zero attached hydrogens (tertiary/aromatic N) is 4. The summed E-state index contributed by atoms with van der Waals surface area (Å²) in [7, 11) is -21.1. The second kappa shape index (κ2) is 16.5. The summed E-state index contributed by atoms with van der Waals surface area (Å²) >= 11 is 0. The highest BCUT2D eigenvalue weighted by molar-refractivity contribution is 8.46. The van der Waals surface area contributed by atoms with Crippen LogP contribution < -0.4 is 78.2 Å². The first-order chi connectivity index (χ1) is 41.8. The van der Waals surface area contributed by atoms with E-state index in [1.165, 1.54) is 11.0 Å². The third kappa shape index (κ3) is 7.78. The number of aryl methyl sites for hydroxylation is 1. The third-order valence-electron chi connectivity index (χ3n) is 17.7. The smallest absolute Gasteiger partial charge is 0.310 e. The van der Waals surface area contributed by atoms with Crippen molar-refractivity contribution in [3.63, 3.8) is 0 Å². The Morgan fingerprint density at radius 2 is 0.580 bits per heavy atom. The molecule has 0 aromatic heterocycles. The molecule has 0 radical (unpaired) electrons. The number of fused-ring (bicyclic) bond motifs is 12. The molecule has 6 aliphatic heterocycles. The highest BCUT2D eigenvalue weighted by Crippen LogP contribution is 3.03. The van der Waals surface area contributed by atoms with Gasteiger partial charge in [-0.1, -0.05) is 160 Å². The number of hydrogen-bond acceptors (Lipinski definition) is 6. The fraction of sp³-hybridized carbons (Fsp3) is 0.0149. The molecule has 11 aromatic rings. The fourth-order valence-corrected chi connectivity index (χ4v) is 15.7. The summed E-state index contributed by atoms with van der Waals surface area (Å²) in [6.07, 6.45) is 0. The van der Waals surface area contributed by atoms with Crippen molar-refractivity contribution in [2.24, 2.45) is 0 Å². The van der Waals surface area contributed by atoms with E-state index >= 15 is 38.9 Å². The molecule has 0 spiro atoms. The molecule has 0 saturated carbocycles. The molecule has 0 unspecified atom stereocenters. The molecule has 88 heavy (non-hydrogen) atoms. The molecule has 0 bridgehead atoms. The van der Waals surface area contributed by atoms with E-state index in [1.807, 2.05) is 97.9 Å². The van der Waals surface area contributed by atoms with Gasteiger partial charge in [-0.2, -0.15) is 0 Å². The van der Waals surface area contributed by atoms with E-state index in [2.05, 4.69) is 34.1 Å². The number of para-hydroxylation sites is 6. The molecular weight excluding hydrogens is 1180 g/mol. The van der Waals surface area contributed by atoms with Crippen LogP contribution in [-0.4, -0.2) is 20.1 Å². The summed E-state index contributed by atoms with van der Waals surface area (Å²) in [5.41, 5.74) is 11.5. The molecule has 11 aromatic carbocycles. The van der Waals surface area contributed by atoms with E-state index in [0.29, 0.717) is 57.1 Å². The SMILES string of the molecule is Cc1cc2c3c(c1)N(c1ccccc1)c1cc4c(cc1B3c1ccccc1N2c1ccccc1)B1c2cc3c(cc2Oc2cc(S(F)(F)(F)(F)F)cc(c21)O4)N(c1ccccc1)c1cc(S(F)(F)(F)(F)F)cc2c1B3c1ccccc1N2c1ccccc1. The summed E-state index contributed by atoms with van der Waals surface area (Å²) in [6, 6.07) is 64.3. The zero-order valence-corrected chi connectivity index (χ0v) is 47.5. The lowest BCUT2D eigenvalue weighted by Gasteiger charge is -2.47. The van der Waals surface area contributed by atoms with Crippen molar-refractivity contribution >= 4 is 158 Å². The Kier molecular flexibility index (Phi) is 9.90. The lowest BCUT2D eigenvalue weighted by atomic mass is 9.29. The van der Waals surface area contributed by atoms with Gasteiger partial charge in [-0.05, 0) is 141 Å². The highest BCUT2D eigenvalue weighted by Gasteiger charge is 2.68. The molecule has 0 amide bonds. The maximum atomic E-state index is 15.7. The van der Waals surface area contributed by atoms with Gasteiger partial charge in [-0.3, -0.25) is 0 Å². The second-order valence-electron chi connectivity index (χ2n) is 23.1. The average Bonchev–Trinajstić information content (AvgIpc) is 0.830. The van der Waals surface area contributed by atoms with E-state index in [4.69, 9.17) is 9.47 Å². The van der Waals surface area contributed by atoms with Crippen LogP contribution >= 0.6 is 20.4 Å². The molecule has 0 fully saturated rings. The molecule has 21 heteroatoms. The first-order valence-electron chi connectivity index (χ1n) is 28.1. The van der Waals surface area contributed by atoms with E-state index in [0.717, 1.165) is 50.4 Å². The molecule has 0 saturated heterocycles. The second-order valence-corrected chi connectivity index (χ2v) is 27.9. The van der Waals surface area contributed by atoms with E-state index in [9.17, 15) is 0 Å². The quantitative estimate of drug-likeness (QED) is 0.122. The molecule has 0 atom stereocenters. The fourth-order valence-electron chi connectivity index (χ4n) is 14.3. The van der Waals surface area contributed by atoms with Gasteiger partial charge in [0.15, 0.2) is 0 Å². The standard InChI is InChI=1S/C67H41B3F10N4O2S2/c1-40-30-57-65-58(31-40)83(43-22-10-4-11-23-43)55-38-61-51(36-49(55)68(65)47-26-14-16-28-53(47)81(57)41-18-6-2-7-19-41)70-52-37-50-56(39-62(52)86-64-35-46(88(76,77,78,79)80)34-63(85-61)67(64)70)84(44-24-12-5-13-25-44)60-33-45(87(71,72,73,74)75)32-59-66(60)69(50)48-27-15-17-29-54(48)82(59)42-20-8-3-9-21-42/h2-39H,1H3. The van der Waals surface area contributed by atoms with Gasteiger partial charge in [0.05, 0.1) is 0 Å². The molecule has 6 nitrogen and oxygen atoms in total. The Bertz CT molecular complexity index is 4910. The van der Waals surface area contributed by atoms with Gasteiger partial charge >= 0.3 is 20.4 Å². The van der Waals surface area contributed by atoms with E-state index < -0.39 is 61.9 Å². The van der Waals surface area contributed by atoms with Crippen molar-refractivity contribution in [1.82, 2.24) is 0 Å². The topological polar surface area (TPSA) is 31.4 Å². The minimum atomic E-state index is -10.5. The van der Waals surface area contributed by atoms with Crippen LogP contribution in [0.1, 0.15) is 5.56 Å². The Hall–Kier alpha value is -9.59. The van der Waals surface area contributed by atoms with E-state index in [1.54, 1.807) is 89.8 Å². The van der Waals surface area contributed by atoms with Crippen LogP contribution in [0.15, 0.2) is 240 Å². The summed E-state index contributed by atoms with van der Waals surface area (Å²) in [5.74, 6) is -1.16. The Morgan fingerprint density at radius 3 is 0.943 bits per heavy atom. The van der Waals surface area contributed by atoms with Crippen LogP contribution in [0.25, 0.3) is 0 Å². The zero-order chi connectivity index (χ0) is 60.3. The van der Waals surface area contributed by atoms with Crippen molar-refractivity contribution in [2.75, 3.05) is 19.6 Å². The van der Waals surface area contributed by atoms with Gasteiger partial charge < -0.3 is 29.1 Å². The summed E-state index contributed by atoms with van der Waals surface area (Å²) < 4.78 is 169. The maximum Gasteiger partial charge on any atom is 0.310 e. The Balaban J connectivity index is 0.964. The Morgan fingerprint density at radius 1 is 0.273 bits per heavy atom. The predicted molar refractivity (Wildman–Crippen MR) is 340 cm³/mol. The lowest BCUT2D eigenvalue weighted by Crippen LogP contribution is -2.65. The molecule has 6 heterocycles. The minimum absolute atomic E-state index is 0.0360. The van der Waals surface area contributed by atoms with Gasteiger partial charge in [-0.15, -0.1) is 0 Å². The lowest BCUT2D eigenvalue weighted by molar-refractivity contribution is 0.359. The van der Waals surface area contributed by atoms with Crippen molar-refractivity contribution in [2.45, 2.75) is 16.7 Å². The highest BCUT2D eigenvalue weighted by atomic mass is 32.5. The maximum absolute atomic E-state index is 15.7. The number of halogens is 10. The van der Waals surface area contributed by atoms with Gasteiger partial charge in [0.1, 0.15) is 32.8 Å². The number of rotatable bonds is 6. The molecule has 0 N–H and O–H groups in total. The largest absolute Gasteiger partial charge is 0.458 e. The number of benzene rings is 11. The summed E-state index contributed by atoms with van der Waals surface area (Å²) in [4.78, 5) is 2.89. The summed E-state index contributed by atoms with van der Waals surface area (Å²) in [5, 5.41) is 0. The third-order valence-corrected chi connectivity index (χ3v) is 20.0. The Labute approximate surface area is 499 Å². The molecular formula is C67H41B3F10N4O2S2. The van der Waals surface area contributed by atoms with Crippen LogP contribution in [0.2, 0.25) is 0 Å². The van der Waals surface area contributed by atoms with Crippen molar-refractivity contribution < 1.29 is 48.3 Å². The molecule has 432 valence electrons. The number of anilines is 12. The molecule has 6 aliphatic rings. The molecule has 0 aliphatic carbocycles. The van der Waals surface area contributed by atoms with Crippen molar-refractivity contribution in [3.8, 4) is 23.0 Å². The summed E-state index contributed by atoms with van der Waals surface area (Å²) in [6.45, 7) is -0.542. The zero-order valence-electron chi connectivity index (χ0n) is 45.9. The monoisotopic (exact) mass is 1220 g/mol. The van der Waals surface area contributed by atoms with Gasteiger partial charge in [0.25, 0.3) is 20.1 Å². The minimum Gasteiger partial charge on any atom is -0.458 e. The first-order valence-corrected chi connectivity index (χ1v) is 32.0. The van der Waals surface area contributed by atoms with Gasteiger partial charge in [0, 0.05) is 98.0 Å². The molecule has 17 rings (SSSR count). The van der Waals surface area contributed by atoms with Crippen molar-refractivity contribution in [3.05, 3.63) is 236 Å². The number of ether oxygens (including phenoxy) is 2.